The molecule has 3 aromatic rings. The molecule has 0 aliphatic rings. The normalized spacial score (nSPS) is 10.8. The first-order valence-electron chi connectivity index (χ1n) is 6.45. The number of H-pyrrole nitrogens is 1. The van der Waals surface area contributed by atoms with E-state index in [-0.39, 0.29) is 0 Å². The highest BCUT2D eigenvalue weighted by Gasteiger charge is 2.13. The molecule has 3 aromatic heterocycles. The van der Waals surface area contributed by atoms with Gasteiger partial charge in [0.25, 0.3) is 0 Å². The second-order valence-corrected chi connectivity index (χ2v) is 4.79. The van der Waals surface area contributed by atoms with E-state index in [9.17, 15) is 4.79 Å². The summed E-state index contributed by atoms with van der Waals surface area (Å²) in [6.07, 6.45) is 6.55. The number of hydrogen-bond acceptors (Lipinski definition) is 4. The number of fused-ring (bicyclic) bond motifs is 1. The zero-order chi connectivity index (χ0) is 14.8. The van der Waals surface area contributed by atoms with Gasteiger partial charge in [-0.1, -0.05) is 11.6 Å². The van der Waals surface area contributed by atoms with E-state index in [1.807, 2.05) is 6.07 Å². The third-order valence-electron chi connectivity index (χ3n) is 3.08. The highest BCUT2D eigenvalue weighted by atomic mass is 35.5. The molecule has 0 amide bonds. The van der Waals surface area contributed by atoms with Crippen molar-refractivity contribution in [3.8, 4) is 11.1 Å². The lowest BCUT2D eigenvalue weighted by Gasteiger charge is -2.07. The smallest absolute Gasteiger partial charge is 0.339 e. The minimum atomic E-state index is -0.404. The number of nitrogens with one attached hydrogen (secondary N) is 1. The lowest BCUT2D eigenvalue weighted by atomic mass is 10.1. The van der Waals surface area contributed by atoms with Gasteiger partial charge in [0.1, 0.15) is 5.65 Å². The van der Waals surface area contributed by atoms with E-state index in [1.165, 1.54) is 6.20 Å². The first-order chi connectivity index (χ1) is 10.2. The zero-order valence-electron chi connectivity index (χ0n) is 11.3. The van der Waals surface area contributed by atoms with Crippen molar-refractivity contribution < 1.29 is 9.53 Å². The molecule has 0 aliphatic heterocycles. The topological polar surface area (TPSA) is 67.9 Å². The Bertz CT molecular complexity index is 814. The fraction of sp³-hybridized carbons (Fsp3) is 0.133. The first-order valence-corrected chi connectivity index (χ1v) is 6.82. The maximum atomic E-state index is 11.8. The van der Waals surface area contributed by atoms with Gasteiger partial charge in [-0.15, -0.1) is 0 Å². The number of ether oxygens (including phenoxy) is 1. The van der Waals surface area contributed by atoms with Gasteiger partial charge < -0.3 is 9.72 Å². The van der Waals surface area contributed by atoms with Crippen molar-refractivity contribution >= 4 is 28.6 Å². The first kappa shape index (κ1) is 13.6. The van der Waals surface area contributed by atoms with E-state index >= 15 is 0 Å². The fourth-order valence-corrected chi connectivity index (χ4v) is 2.40. The van der Waals surface area contributed by atoms with Crippen LogP contribution in [0.2, 0.25) is 5.02 Å². The van der Waals surface area contributed by atoms with Gasteiger partial charge in [0.15, 0.2) is 0 Å². The van der Waals surface area contributed by atoms with Crippen LogP contribution in [0.1, 0.15) is 17.3 Å². The predicted molar refractivity (Wildman–Crippen MR) is 80.3 cm³/mol. The van der Waals surface area contributed by atoms with Crippen molar-refractivity contribution in [3.63, 3.8) is 0 Å². The van der Waals surface area contributed by atoms with Gasteiger partial charge in [0, 0.05) is 41.3 Å². The second kappa shape index (κ2) is 5.54. The predicted octanol–water partition coefficient (Wildman–Crippen LogP) is 3.46. The Morgan fingerprint density at radius 2 is 2.24 bits per heavy atom. The minimum absolute atomic E-state index is 0.320. The number of carbonyl (C=O) groups is 1. The molecule has 0 radical (unpaired) electrons. The molecule has 0 aromatic carbocycles. The third kappa shape index (κ3) is 2.48. The van der Waals surface area contributed by atoms with Crippen molar-refractivity contribution in [2.45, 2.75) is 6.92 Å². The highest BCUT2D eigenvalue weighted by molar-refractivity contribution is 6.38. The standard InChI is InChI=1S/C15H12ClN3O2/c1-2-21-15(20)10-5-9(6-17-7-10)12-8-19-14-11(13(12)16)3-4-18-14/h3-8H,2H2,1H3,(H,18,19). The van der Waals surface area contributed by atoms with Crippen LogP contribution in [-0.4, -0.2) is 27.5 Å². The molecule has 0 fully saturated rings. The average molecular weight is 302 g/mol. The number of pyridine rings is 2. The molecule has 0 bridgehead atoms. The summed E-state index contributed by atoms with van der Waals surface area (Å²) in [6, 6.07) is 3.56. The maximum Gasteiger partial charge on any atom is 0.339 e. The Morgan fingerprint density at radius 3 is 3.05 bits per heavy atom. The molecule has 0 atom stereocenters. The van der Waals surface area contributed by atoms with Gasteiger partial charge >= 0.3 is 5.97 Å². The van der Waals surface area contributed by atoms with E-state index in [2.05, 4.69) is 15.0 Å². The summed E-state index contributed by atoms with van der Waals surface area (Å²) in [5, 5.41) is 1.40. The van der Waals surface area contributed by atoms with Crippen LogP contribution in [0, 0.1) is 0 Å². The number of rotatable bonds is 3. The highest BCUT2D eigenvalue weighted by Crippen LogP contribution is 2.32. The molecule has 5 nitrogen and oxygen atoms in total. The molecule has 0 spiro atoms. The van der Waals surface area contributed by atoms with Gasteiger partial charge in [0.05, 0.1) is 17.2 Å². The number of aromatic amines is 1. The van der Waals surface area contributed by atoms with Crippen molar-refractivity contribution in [2.75, 3.05) is 6.61 Å². The van der Waals surface area contributed by atoms with E-state index in [0.29, 0.717) is 17.2 Å². The number of esters is 1. The molecular formula is C15H12ClN3O2. The van der Waals surface area contributed by atoms with Crippen molar-refractivity contribution in [1.82, 2.24) is 15.0 Å². The quantitative estimate of drug-likeness (QED) is 0.752. The van der Waals surface area contributed by atoms with Crippen LogP contribution < -0.4 is 0 Å². The minimum Gasteiger partial charge on any atom is -0.462 e. The molecule has 3 rings (SSSR count). The van der Waals surface area contributed by atoms with Crippen molar-refractivity contribution in [1.29, 1.82) is 0 Å². The molecule has 0 unspecified atom stereocenters. The zero-order valence-corrected chi connectivity index (χ0v) is 12.0. The van der Waals surface area contributed by atoms with Crippen LogP contribution in [0.4, 0.5) is 0 Å². The number of hydrogen-bond donors (Lipinski definition) is 1. The Kier molecular flexibility index (Phi) is 3.58. The number of aromatic nitrogens is 3. The number of halogens is 1. The summed E-state index contributed by atoms with van der Waals surface area (Å²) in [6.45, 7) is 2.08. The molecule has 106 valence electrons. The van der Waals surface area contributed by atoms with Gasteiger partial charge in [-0.25, -0.2) is 9.78 Å². The molecular weight excluding hydrogens is 290 g/mol. The Labute approximate surface area is 125 Å². The third-order valence-corrected chi connectivity index (χ3v) is 3.49. The summed E-state index contributed by atoms with van der Waals surface area (Å²) in [7, 11) is 0. The van der Waals surface area contributed by atoms with Crippen LogP contribution >= 0.6 is 11.6 Å². The van der Waals surface area contributed by atoms with E-state index in [0.717, 1.165) is 22.2 Å². The SMILES string of the molecule is CCOC(=O)c1cncc(-c2cnc3[nH]ccc3c2Cl)c1. The van der Waals surface area contributed by atoms with Gasteiger partial charge in [-0.3, -0.25) is 4.98 Å². The number of nitrogens with zero attached hydrogens (tertiary/aromatic N) is 2. The molecule has 21 heavy (non-hydrogen) atoms. The molecule has 0 saturated carbocycles. The van der Waals surface area contributed by atoms with Gasteiger partial charge in [-0.05, 0) is 19.1 Å². The maximum absolute atomic E-state index is 11.8. The lowest BCUT2D eigenvalue weighted by molar-refractivity contribution is 0.0526. The number of carbonyl (C=O) groups excluding carboxylic acids is 1. The molecule has 0 aliphatic carbocycles. The van der Waals surface area contributed by atoms with Crippen LogP contribution in [0.3, 0.4) is 0 Å². The molecule has 6 heteroatoms. The monoisotopic (exact) mass is 301 g/mol. The summed E-state index contributed by atoms with van der Waals surface area (Å²) >= 11 is 6.41. The summed E-state index contributed by atoms with van der Waals surface area (Å²) in [5.41, 5.74) is 2.56. The van der Waals surface area contributed by atoms with Crippen LogP contribution in [0.15, 0.2) is 36.9 Å². The largest absolute Gasteiger partial charge is 0.462 e. The second-order valence-electron chi connectivity index (χ2n) is 4.41. The molecule has 3 heterocycles. The Balaban J connectivity index is 2.08. The van der Waals surface area contributed by atoms with Crippen LogP contribution in [0.5, 0.6) is 0 Å². The molecule has 1 N–H and O–H groups in total. The van der Waals surface area contributed by atoms with E-state index in [4.69, 9.17) is 16.3 Å². The van der Waals surface area contributed by atoms with E-state index in [1.54, 1.807) is 31.6 Å². The van der Waals surface area contributed by atoms with Crippen molar-refractivity contribution in [3.05, 3.63) is 47.5 Å². The summed E-state index contributed by atoms with van der Waals surface area (Å²) < 4.78 is 4.97. The van der Waals surface area contributed by atoms with Crippen molar-refractivity contribution in [2.24, 2.45) is 0 Å². The van der Waals surface area contributed by atoms with Gasteiger partial charge in [-0.2, -0.15) is 0 Å². The summed E-state index contributed by atoms with van der Waals surface area (Å²) in [4.78, 5) is 23.2. The Hall–Kier alpha value is -2.40. The molecule has 0 saturated heterocycles. The fourth-order valence-electron chi connectivity index (χ4n) is 2.09. The van der Waals surface area contributed by atoms with Crippen LogP contribution in [0.25, 0.3) is 22.2 Å². The van der Waals surface area contributed by atoms with E-state index < -0.39 is 5.97 Å². The lowest BCUT2D eigenvalue weighted by Crippen LogP contribution is -2.05. The Morgan fingerprint density at radius 1 is 1.38 bits per heavy atom. The van der Waals surface area contributed by atoms with Crippen LogP contribution in [-0.2, 0) is 4.74 Å². The van der Waals surface area contributed by atoms with Gasteiger partial charge in [0.2, 0.25) is 0 Å². The summed E-state index contributed by atoms with van der Waals surface area (Å²) in [5.74, 6) is -0.404. The average Bonchev–Trinajstić information content (AvgIpc) is 2.97.